The number of hydrogen-bond donors (Lipinski definition) is 0. The Labute approximate surface area is 129 Å². The second-order valence-corrected chi connectivity index (χ2v) is 4.58. The lowest BCUT2D eigenvalue weighted by Gasteiger charge is -2.07. The van der Waals surface area contributed by atoms with Crippen LogP contribution in [-0.2, 0) is 4.74 Å². The van der Waals surface area contributed by atoms with Gasteiger partial charge >= 0.3 is 5.97 Å². The van der Waals surface area contributed by atoms with Gasteiger partial charge in [0.15, 0.2) is 0 Å². The van der Waals surface area contributed by atoms with Crippen LogP contribution in [0, 0.1) is 29.1 Å². The van der Waals surface area contributed by atoms with Crippen molar-refractivity contribution in [1.82, 2.24) is 5.16 Å². The quantitative estimate of drug-likeness (QED) is 0.206. The van der Waals surface area contributed by atoms with Gasteiger partial charge in [-0.25, -0.2) is 18.0 Å². The maximum Gasteiger partial charge on any atom is 0.382 e. The first-order valence-electron chi connectivity index (χ1n) is 6.33. The van der Waals surface area contributed by atoms with E-state index in [1.807, 2.05) is 0 Å². The van der Waals surface area contributed by atoms with E-state index in [-0.39, 0.29) is 18.6 Å². The molecule has 0 bridgehead atoms. The van der Waals surface area contributed by atoms with Gasteiger partial charge in [-0.2, -0.15) is 8.78 Å². The van der Waals surface area contributed by atoms with Gasteiger partial charge in [-0.05, 0) is 5.16 Å². The van der Waals surface area contributed by atoms with E-state index >= 15 is 0 Å². The van der Waals surface area contributed by atoms with E-state index in [1.165, 1.54) is 0 Å². The molecule has 1 aliphatic rings. The fraction of sp³-hybridized carbons (Fsp3) is 0.231. The standard InChI is InChI=1S/C13H6F5NO5/c14-7-8(15)10(17)12(11(18)9(7)16)23-13(20)5-1-6(19-24-5)22-3-4-2-21-4/h1,4H,2-3H2/t4-/m0/s1. The summed E-state index contributed by atoms with van der Waals surface area (Å²) in [5, 5.41) is 3.32. The minimum atomic E-state index is -2.37. The largest absolute Gasteiger partial charge is 0.473 e. The van der Waals surface area contributed by atoms with Crippen LogP contribution in [0.1, 0.15) is 10.6 Å². The molecule has 128 valence electrons. The molecule has 3 rings (SSSR count). The van der Waals surface area contributed by atoms with Crippen LogP contribution in [-0.4, -0.2) is 30.4 Å². The zero-order valence-electron chi connectivity index (χ0n) is 11.4. The average Bonchev–Trinajstić information content (AvgIpc) is 3.29. The molecule has 1 aromatic carbocycles. The number of rotatable bonds is 5. The van der Waals surface area contributed by atoms with Gasteiger partial charge in [0.05, 0.1) is 12.7 Å². The van der Waals surface area contributed by atoms with Crippen LogP contribution in [0.25, 0.3) is 0 Å². The molecule has 2 aromatic rings. The Kier molecular flexibility index (Phi) is 4.09. The number of carbonyl (C=O) groups excluding carboxylic acids is 1. The fourth-order valence-corrected chi connectivity index (χ4v) is 1.58. The Bertz CT molecular complexity index is 775. The van der Waals surface area contributed by atoms with Crippen molar-refractivity contribution in [3.05, 3.63) is 40.9 Å². The number of epoxide rings is 1. The summed E-state index contributed by atoms with van der Waals surface area (Å²) in [5.41, 5.74) is 0. The van der Waals surface area contributed by atoms with Crippen molar-refractivity contribution in [2.75, 3.05) is 13.2 Å². The van der Waals surface area contributed by atoms with Crippen molar-refractivity contribution in [1.29, 1.82) is 0 Å². The molecule has 1 fully saturated rings. The SMILES string of the molecule is O=C(Oc1c(F)c(F)c(F)c(F)c1F)c1cc(OC[C@@H]2CO2)no1. The van der Waals surface area contributed by atoms with Gasteiger partial charge in [0.25, 0.3) is 5.88 Å². The summed E-state index contributed by atoms with van der Waals surface area (Å²) in [6.45, 7) is 0.645. The fourth-order valence-electron chi connectivity index (χ4n) is 1.58. The van der Waals surface area contributed by atoms with Gasteiger partial charge < -0.3 is 18.7 Å². The minimum Gasteiger partial charge on any atom is -0.473 e. The first-order chi connectivity index (χ1) is 11.4. The number of halogens is 5. The maximum absolute atomic E-state index is 13.4. The number of ether oxygens (including phenoxy) is 3. The Morgan fingerprint density at radius 2 is 1.71 bits per heavy atom. The van der Waals surface area contributed by atoms with Crippen LogP contribution in [0.2, 0.25) is 0 Å². The highest BCUT2D eigenvalue weighted by molar-refractivity contribution is 5.88. The van der Waals surface area contributed by atoms with Crippen LogP contribution in [0.15, 0.2) is 10.6 Å². The zero-order valence-corrected chi connectivity index (χ0v) is 11.4. The number of esters is 1. The second kappa shape index (κ2) is 6.07. The van der Waals surface area contributed by atoms with Crippen LogP contribution in [0.4, 0.5) is 22.0 Å². The third-order valence-corrected chi connectivity index (χ3v) is 2.87. The van der Waals surface area contributed by atoms with Gasteiger partial charge in [0, 0.05) is 0 Å². The van der Waals surface area contributed by atoms with E-state index in [4.69, 9.17) is 9.47 Å². The third-order valence-electron chi connectivity index (χ3n) is 2.87. The number of aromatic nitrogens is 1. The normalized spacial score (nSPS) is 16.1. The molecular formula is C13H6F5NO5. The number of benzene rings is 1. The Hall–Kier alpha value is -2.69. The van der Waals surface area contributed by atoms with Gasteiger partial charge in [0.2, 0.25) is 40.6 Å². The molecule has 1 aliphatic heterocycles. The van der Waals surface area contributed by atoms with Crippen molar-refractivity contribution in [3.63, 3.8) is 0 Å². The third kappa shape index (κ3) is 3.02. The average molecular weight is 351 g/mol. The number of carbonyl (C=O) groups is 1. The molecule has 6 nitrogen and oxygen atoms in total. The van der Waals surface area contributed by atoms with Crippen LogP contribution < -0.4 is 9.47 Å². The highest BCUT2D eigenvalue weighted by Gasteiger charge is 2.30. The van der Waals surface area contributed by atoms with Gasteiger partial charge in [-0.1, -0.05) is 0 Å². The molecule has 1 aromatic heterocycles. The molecule has 0 saturated carbocycles. The first kappa shape index (κ1) is 16.2. The van der Waals surface area contributed by atoms with Crippen molar-refractivity contribution < 1.29 is 45.5 Å². The molecule has 2 heterocycles. The maximum atomic E-state index is 13.4. The summed E-state index contributed by atoms with van der Waals surface area (Å²) in [6.07, 6.45) is -0.106. The summed E-state index contributed by atoms with van der Waals surface area (Å²) in [5.74, 6) is -15.5. The topological polar surface area (TPSA) is 74.1 Å². The Balaban J connectivity index is 1.77. The molecule has 0 N–H and O–H groups in total. The Morgan fingerprint density at radius 1 is 1.12 bits per heavy atom. The monoisotopic (exact) mass is 351 g/mol. The van der Waals surface area contributed by atoms with E-state index in [0.29, 0.717) is 6.61 Å². The van der Waals surface area contributed by atoms with E-state index in [0.717, 1.165) is 6.07 Å². The van der Waals surface area contributed by atoms with Crippen LogP contribution >= 0.6 is 0 Å². The lowest BCUT2D eigenvalue weighted by atomic mass is 10.2. The zero-order chi connectivity index (χ0) is 17.4. The second-order valence-electron chi connectivity index (χ2n) is 4.58. The van der Waals surface area contributed by atoms with Crippen LogP contribution in [0.5, 0.6) is 11.6 Å². The number of nitrogens with zero attached hydrogens (tertiary/aromatic N) is 1. The molecule has 0 radical (unpaired) electrons. The highest BCUT2D eigenvalue weighted by Crippen LogP contribution is 2.30. The lowest BCUT2D eigenvalue weighted by molar-refractivity contribution is 0.0672. The summed E-state index contributed by atoms with van der Waals surface area (Å²) in [6, 6.07) is 0.927. The predicted molar refractivity (Wildman–Crippen MR) is 62.9 cm³/mol. The molecule has 0 aliphatic carbocycles. The van der Waals surface area contributed by atoms with Crippen molar-refractivity contribution in [2.24, 2.45) is 0 Å². The molecular weight excluding hydrogens is 345 g/mol. The number of hydrogen-bond acceptors (Lipinski definition) is 6. The van der Waals surface area contributed by atoms with Gasteiger partial charge in [-0.15, -0.1) is 0 Å². The summed E-state index contributed by atoms with van der Waals surface area (Å²) in [7, 11) is 0. The van der Waals surface area contributed by atoms with Crippen molar-refractivity contribution in [3.8, 4) is 11.6 Å². The molecule has 1 atom stereocenters. The van der Waals surface area contributed by atoms with Crippen LogP contribution in [0.3, 0.4) is 0 Å². The van der Waals surface area contributed by atoms with E-state index in [2.05, 4.69) is 14.4 Å². The molecule has 0 spiro atoms. The predicted octanol–water partition coefficient (Wildman–Crippen LogP) is 2.37. The minimum absolute atomic E-state index is 0.106. The van der Waals surface area contributed by atoms with E-state index in [1.54, 1.807) is 0 Å². The molecule has 0 unspecified atom stereocenters. The molecule has 11 heteroatoms. The summed E-state index contributed by atoms with van der Waals surface area (Å²) >= 11 is 0. The summed E-state index contributed by atoms with van der Waals surface area (Å²) in [4.78, 5) is 11.7. The van der Waals surface area contributed by atoms with Crippen molar-refractivity contribution >= 4 is 5.97 Å². The van der Waals surface area contributed by atoms with Gasteiger partial charge in [-0.3, -0.25) is 0 Å². The molecule has 24 heavy (non-hydrogen) atoms. The highest BCUT2D eigenvalue weighted by atomic mass is 19.2. The van der Waals surface area contributed by atoms with Gasteiger partial charge in [0.1, 0.15) is 12.7 Å². The summed E-state index contributed by atoms with van der Waals surface area (Å²) < 4.78 is 84.4. The van der Waals surface area contributed by atoms with E-state index < -0.39 is 46.6 Å². The van der Waals surface area contributed by atoms with Crippen molar-refractivity contribution in [2.45, 2.75) is 6.10 Å². The molecule has 0 amide bonds. The smallest absolute Gasteiger partial charge is 0.382 e. The Morgan fingerprint density at radius 3 is 2.29 bits per heavy atom. The molecule has 1 saturated heterocycles. The lowest BCUT2D eigenvalue weighted by Crippen LogP contribution is -2.13. The van der Waals surface area contributed by atoms with E-state index in [9.17, 15) is 26.7 Å². The first-order valence-corrected chi connectivity index (χ1v) is 6.33.